The molecule has 1 rings (SSSR count). The molecule has 0 aliphatic rings. The average molecular weight is 193 g/mol. The summed E-state index contributed by atoms with van der Waals surface area (Å²) < 4.78 is 0. The predicted molar refractivity (Wildman–Crippen MR) is 55.2 cm³/mol. The Hall–Kier alpha value is -1.35. The molecule has 1 atom stereocenters. The van der Waals surface area contributed by atoms with Gasteiger partial charge in [0.2, 0.25) is 0 Å². The quantitative estimate of drug-likeness (QED) is 0.755. The third-order valence-corrected chi connectivity index (χ3v) is 1.84. The molecule has 3 heteroatoms. The fourth-order valence-corrected chi connectivity index (χ4v) is 1.13. The van der Waals surface area contributed by atoms with Crippen molar-refractivity contribution in [2.75, 3.05) is 6.54 Å². The monoisotopic (exact) mass is 193 g/mol. The van der Waals surface area contributed by atoms with Crippen LogP contribution in [0.15, 0.2) is 24.3 Å². The zero-order valence-electron chi connectivity index (χ0n) is 8.45. The molecule has 0 aliphatic carbocycles. The zero-order valence-corrected chi connectivity index (χ0v) is 8.45. The summed E-state index contributed by atoms with van der Waals surface area (Å²) in [5, 5.41) is 11.6. The van der Waals surface area contributed by atoms with Crippen LogP contribution in [0.3, 0.4) is 0 Å². The van der Waals surface area contributed by atoms with E-state index in [4.69, 9.17) is 5.11 Å². The lowest BCUT2D eigenvalue weighted by Gasteiger charge is -2.07. The minimum atomic E-state index is -0.510. The van der Waals surface area contributed by atoms with Gasteiger partial charge in [-0.05, 0) is 26.0 Å². The van der Waals surface area contributed by atoms with E-state index in [2.05, 4.69) is 5.32 Å². The first kappa shape index (κ1) is 10.7. The van der Waals surface area contributed by atoms with Gasteiger partial charge in [-0.2, -0.15) is 0 Å². The number of hydrogen-bond acceptors (Lipinski definition) is 2. The highest BCUT2D eigenvalue weighted by atomic mass is 16.3. The number of carbonyl (C=O) groups excluding carboxylic acids is 1. The highest BCUT2D eigenvalue weighted by Crippen LogP contribution is 2.03. The number of aliphatic hydroxyl groups excluding tert-OH is 1. The van der Waals surface area contributed by atoms with Crippen LogP contribution in [0.25, 0.3) is 0 Å². The number of hydrogen-bond donors (Lipinski definition) is 2. The summed E-state index contributed by atoms with van der Waals surface area (Å²) in [5.74, 6) is -0.144. The van der Waals surface area contributed by atoms with Gasteiger partial charge < -0.3 is 10.4 Å². The molecule has 0 unspecified atom stereocenters. The van der Waals surface area contributed by atoms with Crippen molar-refractivity contribution in [3.05, 3.63) is 35.4 Å². The number of aryl methyl sites for hydroxylation is 1. The Kier molecular flexibility index (Phi) is 3.65. The van der Waals surface area contributed by atoms with Crippen LogP contribution >= 0.6 is 0 Å². The molecule has 14 heavy (non-hydrogen) atoms. The Morgan fingerprint density at radius 3 is 2.86 bits per heavy atom. The Balaban J connectivity index is 2.61. The van der Waals surface area contributed by atoms with E-state index < -0.39 is 6.10 Å². The minimum absolute atomic E-state index is 0.144. The molecule has 0 bridgehead atoms. The maximum atomic E-state index is 11.5. The van der Waals surface area contributed by atoms with Gasteiger partial charge in [0.15, 0.2) is 0 Å². The van der Waals surface area contributed by atoms with E-state index in [1.54, 1.807) is 13.0 Å². The van der Waals surface area contributed by atoms with Gasteiger partial charge in [0.1, 0.15) is 0 Å². The van der Waals surface area contributed by atoms with Crippen LogP contribution in [0, 0.1) is 6.92 Å². The Labute approximate surface area is 83.8 Å². The summed E-state index contributed by atoms with van der Waals surface area (Å²) in [7, 11) is 0. The fraction of sp³-hybridized carbons (Fsp3) is 0.364. The highest BCUT2D eigenvalue weighted by Gasteiger charge is 2.05. The average Bonchev–Trinajstić information content (AvgIpc) is 2.14. The SMILES string of the molecule is Cc1cccc(C(=O)NC[C@@H](C)O)c1. The molecule has 0 saturated carbocycles. The van der Waals surface area contributed by atoms with Crippen molar-refractivity contribution in [1.82, 2.24) is 5.32 Å². The van der Waals surface area contributed by atoms with Gasteiger partial charge in [-0.1, -0.05) is 17.7 Å². The van der Waals surface area contributed by atoms with E-state index in [1.807, 2.05) is 25.1 Å². The standard InChI is InChI=1S/C11H15NO2/c1-8-4-3-5-10(6-8)11(14)12-7-9(2)13/h3-6,9,13H,7H2,1-2H3,(H,12,14)/t9-/m1/s1. The summed E-state index contributed by atoms with van der Waals surface area (Å²) in [4.78, 5) is 11.5. The van der Waals surface area contributed by atoms with Crippen LogP contribution in [0.5, 0.6) is 0 Å². The van der Waals surface area contributed by atoms with Crippen LogP contribution in [0.4, 0.5) is 0 Å². The van der Waals surface area contributed by atoms with Gasteiger partial charge in [-0.25, -0.2) is 0 Å². The third-order valence-electron chi connectivity index (χ3n) is 1.84. The molecule has 3 nitrogen and oxygen atoms in total. The molecule has 0 radical (unpaired) electrons. The molecule has 1 aromatic carbocycles. The summed E-state index contributed by atoms with van der Waals surface area (Å²) in [5.41, 5.74) is 1.68. The molecule has 1 aromatic rings. The van der Waals surface area contributed by atoms with E-state index in [0.717, 1.165) is 5.56 Å². The van der Waals surface area contributed by atoms with E-state index in [-0.39, 0.29) is 12.5 Å². The number of benzene rings is 1. The Morgan fingerprint density at radius 2 is 2.29 bits per heavy atom. The third kappa shape index (κ3) is 3.18. The second kappa shape index (κ2) is 4.77. The number of aliphatic hydroxyl groups is 1. The zero-order chi connectivity index (χ0) is 10.6. The number of rotatable bonds is 3. The van der Waals surface area contributed by atoms with Crippen LogP contribution in [-0.2, 0) is 0 Å². The molecule has 2 N–H and O–H groups in total. The molecule has 0 fully saturated rings. The van der Waals surface area contributed by atoms with Crippen molar-refractivity contribution in [3.8, 4) is 0 Å². The highest BCUT2D eigenvalue weighted by molar-refractivity contribution is 5.94. The number of amides is 1. The molecule has 0 heterocycles. The van der Waals surface area contributed by atoms with Crippen molar-refractivity contribution in [1.29, 1.82) is 0 Å². The Bertz CT molecular complexity index is 321. The lowest BCUT2D eigenvalue weighted by atomic mass is 10.1. The van der Waals surface area contributed by atoms with E-state index in [9.17, 15) is 4.79 Å². The van der Waals surface area contributed by atoms with Crippen molar-refractivity contribution in [3.63, 3.8) is 0 Å². The first-order chi connectivity index (χ1) is 6.59. The van der Waals surface area contributed by atoms with Crippen LogP contribution in [0.2, 0.25) is 0 Å². The summed E-state index contributed by atoms with van der Waals surface area (Å²) >= 11 is 0. The van der Waals surface area contributed by atoms with Gasteiger partial charge in [0, 0.05) is 12.1 Å². The molecule has 0 aliphatic heterocycles. The summed E-state index contributed by atoms with van der Waals surface area (Å²) in [6, 6.07) is 7.35. The molecule has 0 aromatic heterocycles. The molecule has 1 amide bonds. The fourth-order valence-electron chi connectivity index (χ4n) is 1.13. The van der Waals surface area contributed by atoms with Gasteiger partial charge in [0.05, 0.1) is 6.10 Å². The molecular formula is C11H15NO2. The van der Waals surface area contributed by atoms with Crippen molar-refractivity contribution >= 4 is 5.91 Å². The topological polar surface area (TPSA) is 49.3 Å². The van der Waals surface area contributed by atoms with Crippen molar-refractivity contribution in [2.24, 2.45) is 0 Å². The van der Waals surface area contributed by atoms with Crippen molar-refractivity contribution in [2.45, 2.75) is 20.0 Å². The second-order valence-corrected chi connectivity index (χ2v) is 3.43. The predicted octanol–water partition coefficient (Wildman–Crippen LogP) is 1.11. The number of carbonyl (C=O) groups is 1. The van der Waals surface area contributed by atoms with E-state index >= 15 is 0 Å². The lowest BCUT2D eigenvalue weighted by molar-refractivity contribution is 0.0924. The van der Waals surface area contributed by atoms with Crippen molar-refractivity contribution < 1.29 is 9.90 Å². The van der Waals surface area contributed by atoms with Crippen LogP contribution in [-0.4, -0.2) is 23.7 Å². The summed E-state index contributed by atoms with van der Waals surface area (Å²) in [6.45, 7) is 3.86. The molecule has 0 saturated heterocycles. The molecular weight excluding hydrogens is 178 g/mol. The Morgan fingerprint density at radius 1 is 1.57 bits per heavy atom. The molecule has 76 valence electrons. The van der Waals surface area contributed by atoms with Gasteiger partial charge in [0.25, 0.3) is 5.91 Å². The minimum Gasteiger partial charge on any atom is -0.392 e. The van der Waals surface area contributed by atoms with E-state index in [1.165, 1.54) is 0 Å². The largest absolute Gasteiger partial charge is 0.392 e. The second-order valence-electron chi connectivity index (χ2n) is 3.43. The van der Waals surface area contributed by atoms with Crippen LogP contribution < -0.4 is 5.32 Å². The van der Waals surface area contributed by atoms with E-state index in [0.29, 0.717) is 5.56 Å². The first-order valence-electron chi connectivity index (χ1n) is 4.62. The lowest BCUT2D eigenvalue weighted by Crippen LogP contribution is -2.30. The maximum Gasteiger partial charge on any atom is 0.251 e. The number of nitrogens with one attached hydrogen (secondary N) is 1. The van der Waals surface area contributed by atoms with Gasteiger partial charge >= 0.3 is 0 Å². The normalized spacial score (nSPS) is 12.2. The smallest absolute Gasteiger partial charge is 0.251 e. The van der Waals surface area contributed by atoms with Gasteiger partial charge in [-0.15, -0.1) is 0 Å². The van der Waals surface area contributed by atoms with Gasteiger partial charge in [-0.3, -0.25) is 4.79 Å². The maximum absolute atomic E-state index is 11.5. The molecule has 0 spiro atoms. The first-order valence-corrected chi connectivity index (χ1v) is 4.62. The van der Waals surface area contributed by atoms with Crippen LogP contribution in [0.1, 0.15) is 22.8 Å². The summed E-state index contributed by atoms with van der Waals surface area (Å²) in [6.07, 6.45) is -0.510.